The first-order chi connectivity index (χ1) is 10.1. The van der Waals surface area contributed by atoms with Crippen molar-refractivity contribution in [3.63, 3.8) is 0 Å². The minimum Gasteiger partial charge on any atom is -0.506 e. The maximum atomic E-state index is 11.8. The average molecular weight is 286 g/mol. The SMILES string of the molecule is COc1cccc(NC(=O)C(=O)Nc2ccccc2O)c1. The van der Waals surface area contributed by atoms with E-state index in [4.69, 9.17) is 4.74 Å². The first-order valence-electron chi connectivity index (χ1n) is 6.14. The van der Waals surface area contributed by atoms with Crippen LogP contribution in [-0.4, -0.2) is 24.0 Å². The Morgan fingerprint density at radius 3 is 2.43 bits per heavy atom. The molecule has 0 aliphatic heterocycles. The quantitative estimate of drug-likeness (QED) is 0.594. The Morgan fingerprint density at radius 2 is 1.71 bits per heavy atom. The van der Waals surface area contributed by atoms with Crippen molar-refractivity contribution < 1.29 is 19.4 Å². The zero-order valence-electron chi connectivity index (χ0n) is 11.3. The molecule has 6 nitrogen and oxygen atoms in total. The lowest BCUT2D eigenvalue weighted by Gasteiger charge is -2.08. The highest BCUT2D eigenvalue weighted by Crippen LogP contribution is 2.21. The summed E-state index contributed by atoms with van der Waals surface area (Å²) < 4.78 is 5.02. The molecule has 2 rings (SSSR count). The highest BCUT2D eigenvalue weighted by atomic mass is 16.5. The van der Waals surface area contributed by atoms with Crippen molar-refractivity contribution in [1.82, 2.24) is 0 Å². The van der Waals surface area contributed by atoms with Crippen LogP contribution in [-0.2, 0) is 9.59 Å². The molecule has 2 amide bonds. The van der Waals surface area contributed by atoms with Crippen LogP contribution >= 0.6 is 0 Å². The normalized spacial score (nSPS) is 9.76. The van der Waals surface area contributed by atoms with Crippen molar-refractivity contribution in [2.45, 2.75) is 0 Å². The summed E-state index contributed by atoms with van der Waals surface area (Å²) in [6, 6.07) is 12.8. The second kappa shape index (κ2) is 6.42. The number of anilines is 2. The number of hydrogen-bond donors (Lipinski definition) is 3. The predicted molar refractivity (Wildman–Crippen MR) is 78.4 cm³/mol. The molecular formula is C15H14N2O4. The minimum atomic E-state index is -0.876. The molecule has 0 bridgehead atoms. The van der Waals surface area contributed by atoms with Gasteiger partial charge in [0.1, 0.15) is 11.5 Å². The summed E-state index contributed by atoms with van der Waals surface area (Å²) in [5, 5.41) is 14.3. The maximum Gasteiger partial charge on any atom is 0.314 e. The number of carbonyl (C=O) groups is 2. The number of hydrogen-bond acceptors (Lipinski definition) is 4. The van der Waals surface area contributed by atoms with E-state index in [2.05, 4.69) is 10.6 Å². The molecule has 0 radical (unpaired) electrons. The second-order valence-electron chi connectivity index (χ2n) is 4.16. The number of benzene rings is 2. The Balaban J connectivity index is 2.03. The van der Waals surface area contributed by atoms with Crippen LogP contribution in [0, 0.1) is 0 Å². The Hall–Kier alpha value is -3.02. The number of carbonyl (C=O) groups excluding carboxylic acids is 2. The van der Waals surface area contributed by atoms with Crippen molar-refractivity contribution in [1.29, 1.82) is 0 Å². The molecule has 0 saturated carbocycles. The minimum absolute atomic E-state index is 0.111. The molecule has 6 heteroatoms. The molecule has 3 N–H and O–H groups in total. The Labute approximate surface area is 121 Å². The van der Waals surface area contributed by atoms with Gasteiger partial charge < -0.3 is 20.5 Å². The van der Waals surface area contributed by atoms with E-state index in [-0.39, 0.29) is 11.4 Å². The van der Waals surface area contributed by atoms with E-state index in [9.17, 15) is 14.7 Å². The lowest BCUT2D eigenvalue weighted by Crippen LogP contribution is -2.29. The number of aromatic hydroxyl groups is 1. The van der Waals surface area contributed by atoms with Crippen LogP contribution in [0.5, 0.6) is 11.5 Å². The third-order valence-corrected chi connectivity index (χ3v) is 2.69. The van der Waals surface area contributed by atoms with E-state index in [1.807, 2.05) is 0 Å². The molecule has 0 aliphatic rings. The fourth-order valence-electron chi connectivity index (χ4n) is 1.65. The molecule has 0 heterocycles. The van der Waals surface area contributed by atoms with Gasteiger partial charge in [-0.1, -0.05) is 18.2 Å². The molecule has 0 aliphatic carbocycles. The molecule has 0 aromatic heterocycles. The van der Waals surface area contributed by atoms with E-state index in [0.29, 0.717) is 11.4 Å². The second-order valence-corrected chi connectivity index (χ2v) is 4.16. The van der Waals surface area contributed by atoms with Crippen LogP contribution < -0.4 is 15.4 Å². The van der Waals surface area contributed by atoms with Crippen LogP contribution in [0.25, 0.3) is 0 Å². The molecule has 0 atom stereocenters. The highest BCUT2D eigenvalue weighted by Gasteiger charge is 2.15. The van der Waals surface area contributed by atoms with Crippen molar-refractivity contribution in [2.75, 3.05) is 17.7 Å². The molecule has 0 saturated heterocycles. The van der Waals surface area contributed by atoms with Gasteiger partial charge in [0.15, 0.2) is 0 Å². The lowest BCUT2D eigenvalue weighted by atomic mass is 10.3. The zero-order chi connectivity index (χ0) is 15.2. The number of nitrogens with one attached hydrogen (secondary N) is 2. The summed E-state index contributed by atoms with van der Waals surface area (Å²) in [5.74, 6) is -1.26. The third kappa shape index (κ3) is 3.73. The highest BCUT2D eigenvalue weighted by molar-refractivity contribution is 6.43. The standard InChI is InChI=1S/C15H14N2O4/c1-21-11-6-4-5-10(9-11)16-14(19)15(20)17-12-7-2-3-8-13(12)18/h2-9,18H,1H3,(H,16,19)(H,17,20). The number of para-hydroxylation sites is 2. The lowest BCUT2D eigenvalue weighted by molar-refractivity contribution is -0.133. The first kappa shape index (κ1) is 14.4. The van der Waals surface area contributed by atoms with E-state index in [0.717, 1.165) is 0 Å². The Morgan fingerprint density at radius 1 is 1.00 bits per heavy atom. The van der Waals surface area contributed by atoms with Gasteiger partial charge in [-0.05, 0) is 24.3 Å². The van der Waals surface area contributed by atoms with Crippen molar-refractivity contribution >= 4 is 23.2 Å². The molecule has 2 aromatic carbocycles. The van der Waals surface area contributed by atoms with Crippen LogP contribution in [0.4, 0.5) is 11.4 Å². The molecule has 0 fully saturated rings. The van der Waals surface area contributed by atoms with E-state index in [1.54, 1.807) is 36.4 Å². The number of phenols is 1. The fraction of sp³-hybridized carbons (Fsp3) is 0.0667. The van der Waals surface area contributed by atoms with Crippen molar-refractivity contribution in [3.05, 3.63) is 48.5 Å². The van der Waals surface area contributed by atoms with Crippen LogP contribution in [0.1, 0.15) is 0 Å². The van der Waals surface area contributed by atoms with Gasteiger partial charge in [-0.3, -0.25) is 9.59 Å². The van der Waals surface area contributed by atoms with Gasteiger partial charge in [-0.15, -0.1) is 0 Å². The van der Waals surface area contributed by atoms with Gasteiger partial charge in [-0.25, -0.2) is 0 Å². The van der Waals surface area contributed by atoms with Gasteiger partial charge in [-0.2, -0.15) is 0 Å². The fourth-order valence-corrected chi connectivity index (χ4v) is 1.65. The maximum absolute atomic E-state index is 11.8. The number of ether oxygens (including phenoxy) is 1. The summed E-state index contributed by atoms with van der Waals surface area (Å²) in [5.41, 5.74) is 0.607. The summed E-state index contributed by atoms with van der Waals surface area (Å²) in [6.07, 6.45) is 0. The Kier molecular flexibility index (Phi) is 4.40. The number of methoxy groups -OCH3 is 1. The average Bonchev–Trinajstić information content (AvgIpc) is 2.49. The summed E-state index contributed by atoms with van der Waals surface area (Å²) in [6.45, 7) is 0. The van der Waals surface area contributed by atoms with Crippen molar-refractivity contribution in [2.24, 2.45) is 0 Å². The van der Waals surface area contributed by atoms with Crippen LogP contribution in [0.15, 0.2) is 48.5 Å². The number of phenolic OH excluding ortho intramolecular Hbond substituents is 1. The molecule has 2 aromatic rings. The number of amides is 2. The van der Waals surface area contributed by atoms with Gasteiger partial charge in [0, 0.05) is 11.8 Å². The van der Waals surface area contributed by atoms with Crippen LogP contribution in [0.3, 0.4) is 0 Å². The third-order valence-electron chi connectivity index (χ3n) is 2.69. The molecule has 0 spiro atoms. The predicted octanol–water partition coefficient (Wildman–Crippen LogP) is 1.98. The summed E-state index contributed by atoms with van der Waals surface area (Å²) in [7, 11) is 1.51. The van der Waals surface area contributed by atoms with Gasteiger partial charge in [0.05, 0.1) is 12.8 Å². The molecule has 0 unspecified atom stereocenters. The van der Waals surface area contributed by atoms with E-state index in [1.165, 1.54) is 19.2 Å². The van der Waals surface area contributed by atoms with E-state index < -0.39 is 11.8 Å². The smallest absolute Gasteiger partial charge is 0.314 e. The zero-order valence-corrected chi connectivity index (χ0v) is 11.3. The van der Waals surface area contributed by atoms with Gasteiger partial charge in [0.25, 0.3) is 0 Å². The summed E-state index contributed by atoms with van der Waals surface area (Å²) >= 11 is 0. The number of rotatable bonds is 3. The molecule has 21 heavy (non-hydrogen) atoms. The molecular weight excluding hydrogens is 272 g/mol. The largest absolute Gasteiger partial charge is 0.506 e. The summed E-state index contributed by atoms with van der Waals surface area (Å²) in [4.78, 5) is 23.5. The topological polar surface area (TPSA) is 87.7 Å². The monoisotopic (exact) mass is 286 g/mol. The van der Waals surface area contributed by atoms with Crippen LogP contribution in [0.2, 0.25) is 0 Å². The van der Waals surface area contributed by atoms with Gasteiger partial charge in [0.2, 0.25) is 0 Å². The molecule has 108 valence electrons. The first-order valence-corrected chi connectivity index (χ1v) is 6.14. The van der Waals surface area contributed by atoms with Crippen molar-refractivity contribution in [3.8, 4) is 11.5 Å². The Bertz CT molecular complexity index is 670. The van der Waals surface area contributed by atoms with Gasteiger partial charge >= 0.3 is 11.8 Å². The van der Waals surface area contributed by atoms with E-state index >= 15 is 0 Å².